The highest BCUT2D eigenvalue weighted by atomic mass is 19.4. The third-order valence-electron chi connectivity index (χ3n) is 5.80. The van der Waals surface area contributed by atoms with Crippen molar-refractivity contribution in [1.82, 2.24) is 10.3 Å². The van der Waals surface area contributed by atoms with Gasteiger partial charge in [0.05, 0.1) is 0 Å². The van der Waals surface area contributed by atoms with E-state index in [9.17, 15) is 43.9 Å². The van der Waals surface area contributed by atoms with E-state index in [1.165, 1.54) is 36.4 Å². The highest BCUT2D eigenvalue weighted by molar-refractivity contribution is 5.89. The van der Waals surface area contributed by atoms with Crippen molar-refractivity contribution in [2.45, 2.75) is 36.2 Å². The van der Waals surface area contributed by atoms with Crippen molar-refractivity contribution in [2.24, 2.45) is 0 Å². The Hall–Kier alpha value is -2.89. The smallest absolute Gasteiger partial charge is 0.304 e. The van der Waals surface area contributed by atoms with Crippen molar-refractivity contribution >= 4 is 10.8 Å². The summed E-state index contributed by atoms with van der Waals surface area (Å²) in [4.78, 5) is 3.37. The van der Waals surface area contributed by atoms with Crippen molar-refractivity contribution in [3.63, 3.8) is 0 Å². The molecule has 0 saturated carbocycles. The maximum Gasteiger partial charge on any atom is 0.459 e. The van der Waals surface area contributed by atoms with Crippen molar-refractivity contribution in [1.29, 1.82) is 0 Å². The molecule has 1 aliphatic rings. The third-order valence-corrected chi connectivity index (χ3v) is 5.80. The Morgan fingerprint density at radius 2 is 1.24 bits per heavy atom. The Morgan fingerprint density at radius 1 is 0.676 bits per heavy atom. The summed E-state index contributed by atoms with van der Waals surface area (Å²) in [6, 6.07) is 7.56. The van der Waals surface area contributed by atoms with Gasteiger partial charge in [-0.15, -0.1) is 0 Å². The first-order chi connectivity index (χ1) is 15.7. The zero-order chi connectivity index (χ0) is 25.1. The van der Waals surface area contributed by atoms with Crippen molar-refractivity contribution in [2.75, 3.05) is 6.54 Å². The van der Waals surface area contributed by atoms with Crippen LogP contribution in [-0.2, 0) is 5.92 Å². The molecule has 34 heavy (non-hydrogen) atoms. The van der Waals surface area contributed by atoms with Crippen molar-refractivity contribution in [3.05, 3.63) is 77.1 Å². The molecule has 1 aromatic heterocycles. The largest absolute Gasteiger partial charge is 0.459 e. The molecule has 2 nitrogen and oxygen atoms in total. The monoisotopic (exact) mass is 496 g/mol. The Labute approximate surface area is 185 Å². The second-order valence-corrected chi connectivity index (χ2v) is 7.82. The van der Waals surface area contributed by atoms with Gasteiger partial charge in [-0.25, -0.2) is 0 Å². The second-order valence-electron chi connectivity index (χ2n) is 7.82. The van der Waals surface area contributed by atoms with Crippen molar-refractivity contribution < 1.29 is 43.9 Å². The second kappa shape index (κ2) is 7.82. The summed E-state index contributed by atoms with van der Waals surface area (Å²) < 4.78 is 135. The Morgan fingerprint density at radius 3 is 1.82 bits per heavy atom. The van der Waals surface area contributed by atoms with Crippen LogP contribution in [0.15, 0.2) is 54.7 Å². The zero-order valence-corrected chi connectivity index (χ0v) is 16.8. The van der Waals surface area contributed by atoms with Gasteiger partial charge in [0.2, 0.25) is 0 Å². The predicted molar refractivity (Wildman–Crippen MR) is 102 cm³/mol. The Bertz CT molecular complexity index is 1220. The maximum absolute atomic E-state index is 14.2. The van der Waals surface area contributed by atoms with Crippen LogP contribution in [0.2, 0.25) is 0 Å². The molecule has 0 spiro atoms. The molecule has 0 radical (unpaired) electrons. The zero-order valence-electron chi connectivity index (χ0n) is 16.8. The fourth-order valence-electron chi connectivity index (χ4n) is 4.19. The number of hydrogen-bond acceptors (Lipinski definition) is 2. The van der Waals surface area contributed by atoms with Gasteiger partial charge >= 0.3 is 24.2 Å². The minimum absolute atomic E-state index is 0.0532. The van der Waals surface area contributed by atoms with Crippen LogP contribution in [0.1, 0.15) is 34.3 Å². The van der Waals surface area contributed by atoms with E-state index in [4.69, 9.17) is 0 Å². The third kappa shape index (κ3) is 3.68. The van der Waals surface area contributed by atoms with E-state index in [2.05, 4.69) is 10.3 Å². The molecule has 0 amide bonds. The molecule has 2 aromatic carbocycles. The SMILES string of the molecule is FC(F)(F)C(F)(F)c1ncc(C2CNC(C(F)(F)C(F)(F)F)c3ccccc32)c2ccccc12. The number of halogens is 10. The fourth-order valence-corrected chi connectivity index (χ4v) is 4.19. The molecule has 0 saturated heterocycles. The van der Waals surface area contributed by atoms with Crippen LogP contribution in [0, 0.1) is 0 Å². The molecule has 2 atom stereocenters. The Balaban J connectivity index is 1.88. The molecule has 0 bridgehead atoms. The van der Waals surface area contributed by atoms with Gasteiger partial charge in [-0.3, -0.25) is 4.98 Å². The number of rotatable bonds is 3. The van der Waals surface area contributed by atoms with Crippen LogP contribution in [0.4, 0.5) is 43.9 Å². The molecule has 12 heteroatoms. The lowest BCUT2D eigenvalue weighted by molar-refractivity contribution is -0.294. The normalized spacial score (nSPS) is 19.8. The van der Waals surface area contributed by atoms with E-state index in [0.717, 1.165) is 18.3 Å². The summed E-state index contributed by atoms with van der Waals surface area (Å²) in [5.41, 5.74) is -1.74. The van der Waals surface area contributed by atoms with E-state index in [-0.39, 0.29) is 22.1 Å². The number of alkyl halides is 10. The van der Waals surface area contributed by atoms with E-state index in [0.29, 0.717) is 0 Å². The lowest BCUT2D eigenvalue weighted by atomic mass is 9.79. The maximum atomic E-state index is 14.2. The predicted octanol–water partition coefficient (Wildman–Crippen LogP) is 6.86. The quantitative estimate of drug-likeness (QED) is 0.401. The highest BCUT2D eigenvalue weighted by Crippen LogP contribution is 2.50. The first kappa shape index (κ1) is 24.2. The summed E-state index contributed by atoms with van der Waals surface area (Å²) in [7, 11) is 0. The molecule has 0 aliphatic carbocycles. The number of fused-ring (bicyclic) bond motifs is 2. The molecule has 1 N–H and O–H groups in total. The van der Waals surface area contributed by atoms with Gasteiger partial charge in [0, 0.05) is 24.0 Å². The number of hydrogen-bond donors (Lipinski definition) is 1. The van der Waals surface area contributed by atoms with Gasteiger partial charge in [-0.1, -0.05) is 48.5 Å². The standard InChI is InChI=1S/C22H14F10N2/c23-19(24,21(27,28)29)17-13-7-3-1-5-11(13)15(9-33-17)16-10-34-18(20(25,26)22(30,31)32)14-8-4-2-6-12(14)16/h1-9,16,18,34H,10H2. The minimum atomic E-state index is -5.92. The topological polar surface area (TPSA) is 24.9 Å². The van der Waals surface area contributed by atoms with Crippen LogP contribution in [0.5, 0.6) is 0 Å². The van der Waals surface area contributed by atoms with Crippen LogP contribution >= 0.6 is 0 Å². The van der Waals surface area contributed by atoms with Gasteiger partial charge in [0.1, 0.15) is 11.7 Å². The van der Waals surface area contributed by atoms with Gasteiger partial charge in [0.25, 0.3) is 0 Å². The number of nitrogens with zero attached hydrogens (tertiary/aromatic N) is 1. The first-order valence-corrected chi connectivity index (χ1v) is 9.77. The minimum Gasteiger partial charge on any atom is -0.304 e. The lowest BCUT2D eigenvalue weighted by Gasteiger charge is -2.37. The van der Waals surface area contributed by atoms with Gasteiger partial charge < -0.3 is 5.32 Å². The molecule has 1 aliphatic heterocycles. The molecule has 2 heterocycles. The van der Waals surface area contributed by atoms with E-state index >= 15 is 0 Å². The first-order valence-electron chi connectivity index (χ1n) is 9.77. The molecule has 2 unspecified atom stereocenters. The lowest BCUT2D eigenvalue weighted by Crippen LogP contribution is -2.51. The molecule has 182 valence electrons. The summed E-state index contributed by atoms with van der Waals surface area (Å²) in [6.45, 7) is -0.464. The molecular weight excluding hydrogens is 482 g/mol. The summed E-state index contributed by atoms with van der Waals surface area (Å²) in [5, 5.41) is 1.61. The fraction of sp³-hybridized carbons (Fsp3) is 0.318. The number of pyridine rings is 1. The average Bonchev–Trinajstić information content (AvgIpc) is 2.76. The highest BCUT2D eigenvalue weighted by Gasteiger charge is 2.64. The molecule has 3 aromatic rings. The van der Waals surface area contributed by atoms with Gasteiger partial charge in [-0.2, -0.15) is 43.9 Å². The van der Waals surface area contributed by atoms with Crippen LogP contribution < -0.4 is 5.32 Å². The summed E-state index contributed by atoms with van der Waals surface area (Å²) in [5.74, 6) is -11.3. The molecule has 4 rings (SSSR count). The average molecular weight is 496 g/mol. The molecular formula is C22H14F10N2. The van der Waals surface area contributed by atoms with Gasteiger partial charge in [0.15, 0.2) is 0 Å². The molecule has 0 fully saturated rings. The van der Waals surface area contributed by atoms with E-state index in [1.807, 2.05) is 0 Å². The number of nitrogens with one attached hydrogen (secondary N) is 1. The summed E-state index contributed by atoms with van der Waals surface area (Å²) >= 11 is 0. The van der Waals surface area contributed by atoms with Crippen LogP contribution in [-0.4, -0.2) is 29.8 Å². The Kier molecular flexibility index (Phi) is 5.58. The van der Waals surface area contributed by atoms with Crippen LogP contribution in [0.3, 0.4) is 0 Å². The van der Waals surface area contributed by atoms with E-state index in [1.54, 1.807) is 0 Å². The van der Waals surface area contributed by atoms with E-state index < -0.39 is 53.8 Å². The van der Waals surface area contributed by atoms with Gasteiger partial charge in [-0.05, 0) is 22.1 Å². The van der Waals surface area contributed by atoms with Crippen molar-refractivity contribution in [3.8, 4) is 0 Å². The number of aromatic nitrogens is 1. The van der Waals surface area contributed by atoms with Crippen LogP contribution in [0.25, 0.3) is 10.8 Å². The number of benzene rings is 2. The summed E-state index contributed by atoms with van der Waals surface area (Å²) in [6.07, 6.45) is -11.0.